The third-order valence-electron chi connectivity index (χ3n) is 13.7. The molecular weight excluding hydrogens is 961 g/mol. The molecule has 0 aliphatic heterocycles. The molecule has 1 unspecified atom stereocenters. The van der Waals surface area contributed by atoms with E-state index in [1.807, 2.05) is 0 Å². The molecule has 1 atom stereocenters. The summed E-state index contributed by atoms with van der Waals surface area (Å²) in [6, 6.07) is 0. The number of rotatable bonds is 58. The van der Waals surface area contributed by atoms with Gasteiger partial charge in [-0.15, -0.1) is 0 Å². The van der Waals surface area contributed by atoms with Crippen LogP contribution in [0.2, 0.25) is 0 Å². The van der Waals surface area contributed by atoms with E-state index in [1.165, 1.54) is 122 Å². The van der Waals surface area contributed by atoms with Gasteiger partial charge in [0.2, 0.25) is 0 Å². The second kappa shape index (κ2) is 65.3. The summed E-state index contributed by atoms with van der Waals surface area (Å²) in [7, 11) is 0. The molecule has 0 aromatic carbocycles. The van der Waals surface area contributed by atoms with Crippen molar-refractivity contribution in [2.24, 2.45) is 0 Å². The molecular formula is C72H120O6. The topological polar surface area (TPSA) is 78.9 Å². The summed E-state index contributed by atoms with van der Waals surface area (Å²) in [6.07, 6.45) is 90.8. The average Bonchev–Trinajstić information content (AvgIpc) is 3.44. The Kier molecular flexibility index (Phi) is 61.8. The Morgan fingerprint density at radius 1 is 0.269 bits per heavy atom. The maximum Gasteiger partial charge on any atom is 0.306 e. The normalized spacial score (nSPS) is 12.9. The van der Waals surface area contributed by atoms with Gasteiger partial charge in [-0.1, -0.05) is 277 Å². The number of carbonyl (C=O) groups is 3. The van der Waals surface area contributed by atoms with Crippen molar-refractivity contribution in [1.29, 1.82) is 0 Å². The molecule has 0 aliphatic carbocycles. The highest BCUT2D eigenvalue weighted by Crippen LogP contribution is 2.16. The van der Waals surface area contributed by atoms with Gasteiger partial charge in [0.15, 0.2) is 6.10 Å². The minimum absolute atomic E-state index is 0.0992. The first-order chi connectivity index (χ1) is 38.5. The van der Waals surface area contributed by atoms with E-state index >= 15 is 0 Å². The molecule has 0 saturated carbocycles. The lowest BCUT2D eigenvalue weighted by Crippen LogP contribution is -2.30. The van der Waals surface area contributed by atoms with Crippen molar-refractivity contribution in [3.63, 3.8) is 0 Å². The van der Waals surface area contributed by atoms with Gasteiger partial charge in [0.05, 0.1) is 0 Å². The van der Waals surface area contributed by atoms with E-state index in [4.69, 9.17) is 14.2 Å². The molecule has 0 fully saturated rings. The van der Waals surface area contributed by atoms with E-state index in [1.54, 1.807) is 0 Å². The lowest BCUT2D eigenvalue weighted by molar-refractivity contribution is -0.167. The van der Waals surface area contributed by atoms with Gasteiger partial charge in [0.25, 0.3) is 0 Å². The summed E-state index contributed by atoms with van der Waals surface area (Å²) in [5.74, 6) is -0.950. The predicted molar refractivity (Wildman–Crippen MR) is 339 cm³/mol. The van der Waals surface area contributed by atoms with Crippen LogP contribution in [0, 0.1) is 0 Å². The molecule has 0 rings (SSSR count). The second-order valence-corrected chi connectivity index (χ2v) is 21.3. The summed E-state index contributed by atoms with van der Waals surface area (Å²) in [4.78, 5) is 38.3. The minimum Gasteiger partial charge on any atom is -0.462 e. The molecule has 0 saturated heterocycles. The molecule has 78 heavy (non-hydrogen) atoms. The number of unbranched alkanes of at least 4 members (excludes halogenated alkanes) is 27. The first-order valence-corrected chi connectivity index (χ1v) is 32.5. The maximum atomic E-state index is 12.9. The minimum atomic E-state index is -0.807. The number of hydrogen-bond acceptors (Lipinski definition) is 6. The average molecular weight is 1080 g/mol. The second-order valence-electron chi connectivity index (χ2n) is 21.3. The van der Waals surface area contributed by atoms with Gasteiger partial charge in [-0.25, -0.2) is 0 Å². The van der Waals surface area contributed by atoms with E-state index in [0.717, 1.165) is 128 Å². The zero-order valence-corrected chi connectivity index (χ0v) is 50.9. The van der Waals surface area contributed by atoms with E-state index < -0.39 is 6.10 Å². The standard InChI is InChI=1S/C72H120O6/c1-4-7-10-13-16-19-22-25-28-29-30-31-32-33-34-35-36-37-38-39-40-41-42-43-45-47-50-53-56-59-62-65-71(74)77-68-69(67-76-70(73)64-61-58-55-52-49-46-27-24-21-18-15-12-9-6-3)78-72(75)66-63-60-57-54-51-48-44-26-23-20-17-14-11-8-5-2/h7-8,10-11,15-20,24-28,30-31,44,51,54,69H,4-6,9,12-14,21-23,29,32-43,45-50,52-53,55-68H2,1-3H3/b10-7-,11-8-,18-15-,19-16-,20-17-,27-24-,28-25-,31-30-,44-26-,54-51-. The highest BCUT2D eigenvalue weighted by Gasteiger charge is 2.19. The molecule has 6 heteroatoms. The van der Waals surface area contributed by atoms with Gasteiger partial charge in [0, 0.05) is 19.3 Å². The van der Waals surface area contributed by atoms with Crippen LogP contribution in [0.15, 0.2) is 122 Å². The molecule has 0 radical (unpaired) electrons. The van der Waals surface area contributed by atoms with Crippen LogP contribution in [0.4, 0.5) is 0 Å². The van der Waals surface area contributed by atoms with Gasteiger partial charge in [-0.05, 0) is 122 Å². The van der Waals surface area contributed by atoms with E-state index in [2.05, 4.69) is 142 Å². The van der Waals surface area contributed by atoms with Gasteiger partial charge < -0.3 is 14.2 Å². The Hall–Kier alpha value is -4.19. The highest BCUT2D eigenvalue weighted by molar-refractivity contribution is 5.71. The zero-order valence-electron chi connectivity index (χ0n) is 50.9. The quantitative estimate of drug-likeness (QED) is 0.0261. The van der Waals surface area contributed by atoms with Crippen LogP contribution in [0.1, 0.15) is 297 Å². The molecule has 0 N–H and O–H groups in total. The van der Waals surface area contributed by atoms with Crippen LogP contribution in [0.3, 0.4) is 0 Å². The number of esters is 3. The lowest BCUT2D eigenvalue weighted by atomic mass is 10.0. The van der Waals surface area contributed by atoms with Crippen LogP contribution >= 0.6 is 0 Å². The molecule has 444 valence electrons. The van der Waals surface area contributed by atoms with Crippen LogP contribution in [-0.2, 0) is 28.6 Å². The Morgan fingerprint density at radius 3 is 0.808 bits per heavy atom. The van der Waals surface area contributed by atoms with E-state index in [9.17, 15) is 14.4 Å². The molecule has 0 amide bonds. The summed E-state index contributed by atoms with van der Waals surface area (Å²) in [6.45, 7) is 6.34. The van der Waals surface area contributed by atoms with Gasteiger partial charge in [0.1, 0.15) is 13.2 Å². The van der Waals surface area contributed by atoms with Gasteiger partial charge >= 0.3 is 17.9 Å². The van der Waals surface area contributed by atoms with Gasteiger partial charge in [-0.2, -0.15) is 0 Å². The van der Waals surface area contributed by atoms with Crippen LogP contribution in [0.25, 0.3) is 0 Å². The van der Waals surface area contributed by atoms with Crippen molar-refractivity contribution in [2.75, 3.05) is 13.2 Å². The molecule has 0 heterocycles. The molecule has 0 bridgehead atoms. The Labute approximate surface area is 482 Å². The third-order valence-corrected chi connectivity index (χ3v) is 13.7. The first kappa shape index (κ1) is 73.8. The zero-order chi connectivity index (χ0) is 56.4. The summed E-state index contributed by atoms with van der Waals surface area (Å²) < 4.78 is 16.9. The van der Waals surface area contributed by atoms with Crippen molar-refractivity contribution >= 4 is 17.9 Å². The lowest BCUT2D eigenvalue weighted by Gasteiger charge is -2.18. The van der Waals surface area contributed by atoms with Gasteiger partial charge in [-0.3, -0.25) is 14.4 Å². The van der Waals surface area contributed by atoms with Crippen molar-refractivity contribution in [3.8, 4) is 0 Å². The molecule has 0 spiro atoms. The molecule has 0 aliphatic rings. The van der Waals surface area contributed by atoms with Crippen LogP contribution in [0.5, 0.6) is 0 Å². The first-order valence-electron chi connectivity index (χ1n) is 32.5. The monoisotopic (exact) mass is 1080 g/mol. The van der Waals surface area contributed by atoms with Crippen molar-refractivity contribution in [3.05, 3.63) is 122 Å². The smallest absolute Gasteiger partial charge is 0.306 e. The highest BCUT2D eigenvalue weighted by atomic mass is 16.6. The summed E-state index contributed by atoms with van der Waals surface area (Å²) in [5, 5.41) is 0. The number of carbonyl (C=O) groups excluding carboxylic acids is 3. The number of allylic oxidation sites excluding steroid dienone is 20. The predicted octanol–water partition coefficient (Wildman–Crippen LogP) is 22.4. The van der Waals surface area contributed by atoms with E-state index in [-0.39, 0.29) is 37.5 Å². The Balaban J connectivity index is 4.23. The maximum absolute atomic E-state index is 12.9. The third kappa shape index (κ3) is 62.7. The summed E-state index contributed by atoms with van der Waals surface area (Å²) >= 11 is 0. The van der Waals surface area contributed by atoms with E-state index in [0.29, 0.717) is 19.3 Å². The van der Waals surface area contributed by atoms with Crippen molar-refractivity contribution in [2.45, 2.75) is 303 Å². The molecule has 6 nitrogen and oxygen atoms in total. The largest absolute Gasteiger partial charge is 0.462 e. The van der Waals surface area contributed by atoms with Crippen molar-refractivity contribution in [1.82, 2.24) is 0 Å². The SMILES string of the molecule is CC/C=C\C/C=C\C/C=C\C/C=C\CCCCCCCCCCCCCCCCCCCCC(=O)OCC(COC(=O)CCCCCCC/C=C\C/C=C\CCCC)OC(=O)CCCC/C=C\C/C=C\C/C=C\C/C=C\CC. The van der Waals surface area contributed by atoms with Crippen LogP contribution in [-0.4, -0.2) is 37.2 Å². The summed E-state index contributed by atoms with van der Waals surface area (Å²) in [5.41, 5.74) is 0. The fourth-order valence-corrected chi connectivity index (χ4v) is 8.85. The Morgan fingerprint density at radius 2 is 0.500 bits per heavy atom. The number of ether oxygens (including phenoxy) is 3. The molecule has 0 aromatic heterocycles. The fraction of sp³-hybridized carbons (Fsp3) is 0.681. The Bertz CT molecular complexity index is 1620. The van der Waals surface area contributed by atoms with Crippen molar-refractivity contribution < 1.29 is 28.6 Å². The van der Waals surface area contributed by atoms with Crippen LogP contribution < -0.4 is 0 Å². The molecule has 0 aromatic rings. The fourth-order valence-electron chi connectivity index (χ4n) is 8.85. The number of hydrogen-bond donors (Lipinski definition) is 0.